The molecule has 0 spiro atoms. The van der Waals surface area contributed by atoms with Crippen LogP contribution in [-0.2, 0) is 20.7 Å². The molecule has 11 heteroatoms. The fourth-order valence-corrected chi connectivity index (χ4v) is 4.10. The van der Waals surface area contributed by atoms with Crippen LogP contribution in [0, 0.1) is 0 Å². The van der Waals surface area contributed by atoms with Crippen molar-refractivity contribution in [2.45, 2.75) is 50.5 Å². The number of hydrogen-bond acceptors (Lipinski definition) is 9. The van der Waals surface area contributed by atoms with E-state index >= 15 is 0 Å². The summed E-state index contributed by atoms with van der Waals surface area (Å²) in [5.74, 6) is -1.34. The number of carbonyl (C=O) groups excluding carboxylic acids is 3. The van der Waals surface area contributed by atoms with Crippen molar-refractivity contribution in [2.24, 2.45) is 0 Å². The van der Waals surface area contributed by atoms with Crippen molar-refractivity contribution < 1.29 is 33.8 Å². The SMILES string of the molecule is C[C@@H]1C/C=C2\SC[C@@H](NC(=O)c3coc(n3)C[C@@H](O)C[C@H](O)/C=C/C=C/CNC2=O)C(=O)O1. The van der Waals surface area contributed by atoms with Crippen LogP contribution in [-0.4, -0.2) is 69.6 Å². The van der Waals surface area contributed by atoms with Crippen LogP contribution in [0.3, 0.4) is 0 Å². The third-order valence-electron chi connectivity index (χ3n) is 4.84. The van der Waals surface area contributed by atoms with Gasteiger partial charge in [0.15, 0.2) is 11.6 Å². The zero-order chi connectivity index (χ0) is 23.8. The maximum atomic E-state index is 12.6. The number of allylic oxidation sites excluding steroid dienone is 2. The van der Waals surface area contributed by atoms with Crippen LogP contribution in [0.2, 0.25) is 0 Å². The molecule has 2 aliphatic rings. The van der Waals surface area contributed by atoms with Crippen molar-refractivity contribution in [1.82, 2.24) is 15.6 Å². The van der Waals surface area contributed by atoms with E-state index in [1.807, 2.05) is 0 Å². The summed E-state index contributed by atoms with van der Waals surface area (Å²) in [4.78, 5) is 42.3. The second-order valence-corrected chi connectivity index (χ2v) is 8.76. The van der Waals surface area contributed by atoms with Gasteiger partial charge < -0.3 is 30.0 Å². The van der Waals surface area contributed by atoms with Gasteiger partial charge in [0.25, 0.3) is 11.8 Å². The Bertz CT molecular complexity index is 956. The molecule has 0 aromatic carbocycles. The average Bonchev–Trinajstić information content (AvgIpc) is 3.23. The molecule has 1 aromatic rings. The molecule has 0 unspecified atom stereocenters. The first-order valence-electron chi connectivity index (χ1n) is 10.6. The summed E-state index contributed by atoms with van der Waals surface area (Å²) in [7, 11) is 0. The molecule has 3 heterocycles. The molecular weight excluding hydrogens is 450 g/mol. The highest BCUT2D eigenvalue weighted by Gasteiger charge is 2.28. The predicted molar refractivity (Wildman–Crippen MR) is 120 cm³/mol. The van der Waals surface area contributed by atoms with Gasteiger partial charge in [0.1, 0.15) is 18.4 Å². The number of rotatable bonds is 0. The molecule has 4 bridgehead atoms. The number of fused-ring (bicyclic) bond motifs is 5. The number of nitrogens with one attached hydrogen (secondary N) is 2. The van der Waals surface area contributed by atoms with Crippen molar-refractivity contribution in [3.8, 4) is 0 Å². The van der Waals surface area contributed by atoms with Gasteiger partial charge in [0.05, 0.1) is 23.5 Å². The first-order chi connectivity index (χ1) is 15.8. The molecular formula is C22H27N3O7S. The van der Waals surface area contributed by atoms with Crippen LogP contribution in [0.15, 0.2) is 46.0 Å². The van der Waals surface area contributed by atoms with Gasteiger partial charge in [0.2, 0.25) is 0 Å². The normalized spacial score (nSPS) is 31.5. The molecule has 3 rings (SSSR count). The van der Waals surface area contributed by atoms with Crippen LogP contribution < -0.4 is 10.6 Å². The van der Waals surface area contributed by atoms with E-state index in [2.05, 4.69) is 15.6 Å². The number of esters is 1. The van der Waals surface area contributed by atoms with Crippen molar-refractivity contribution in [3.63, 3.8) is 0 Å². The van der Waals surface area contributed by atoms with Gasteiger partial charge >= 0.3 is 5.97 Å². The number of nitrogens with zero attached hydrogens (tertiary/aromatic N) is 1. The predicted octanol–water partition coefficient (Wildman–Crippen LogP) is 0.622. The summed E-state index contributed by atoms with van der Waals surface area (Å²) in [5, 5.41) is 25.6. The number of thioether (sulfide) groups is 1. The van der Waals surface area contributed by atoms with E-state index in [4.69, 9.17) is 9.15 Å². The molecule has 1 aromatic heterocycles. The molecule has 0 radical (unpaired) electrons. The van der Waals surface area contributed by atoms with Gasteiger partial charge in [-0.15, -0.1) is 11.8 Å². The van der Waals surface area contributed by atoms with Gasteiger partial charge in [0, 0.05) is 25.1 Å². The first-order valence-corrected chi connectivity index (χ1v) is 11.6. The van der Waals surface area contributed by atoms with E-state index < -0.39 is 36.2 Å². The number of aliphatic hydroxyl groups excluding tert-OH is 2. The Hall–Kier alpha value is -2.89. The summed E-state index contributed by atoms with van der Waals surface area (Å²) in [6.07, 6.45) is 7.47. The Morgan fingerprint density at radius 1 is 1.18 bits per heavy atom. The molecule has 4 atom stereocenters. The minimum absolute atomic E-state index is 0.00699. The number of aliphatic hydroxyl groups is 2. The van der Waals surface area contributed by atoms with E-state index in [1.165, 1.54) is 6.08 Å². The van der Waals surface area contributed by atoms with Crippen LogP contribution in [0.5, 0.6) is 0 Å². The monoisotopic (exact) mass is 477 g/mol. The lowest BCUT2D eigenvalue weighted by molar-refractivity contribution is -0.149. The third-order valence-corrected chi connectivity index (χ3v) is 6.00. The van der Waals surface area contributed by atoms with Gasteiger partial charge in [-0.3, -0.25) is 9.59 Å². The minimum atomic E-state index is -1.00. The number of ether oxygens (including phenoxy) is 1. The highest BCUT2D eigenvalue weighted by atomic mass is 32.2. The van der Waals surface area contributed by atoms with Gasteiger partial charge in [-0.1, -0.05) is 30.4 Å². The maximum Gasteiger partial charge on any atom is 0.329 e. The fourth-order valence-electron chi connectivity index (χ4n) is 3.12. The van der Waals surface area contributed by atoms with E-state index in [9.17, 15) is 24.6 Å². The van der Waals surface area contributed by atoms with E-state index in [0.717, 1.165) is 18.0 Å². The molecule has 2 aliphatic heterocycles. The largest absolute Gasteiger partial charge is 0.461 e. The zero-order valence-electron chi connectivity index (χ0n) is 18.1. The maximum absolute atomic E-state index is 12.6. The van der Waals surface area contributed by atoms with Gasteiger partial charge in [-0.25, -0.2) is 9.78 Å². The number of amides is 2. The molecule has 178 valence electrons. The molecule has 0 saturated carbocycles. The third kappa shape index (κ3) is 7.58. The van der Waals surface area contributed by atoms with Crippen LogP contribution in [0.4, 0.5) is 0 Å². The number of oxazole rings is 1. The second kappa shape index (κ2) is 11.8. The first kappa shape index (κ1) is 24.7. The standard InChI is InChI=1S/C22H27N3O7S/c1-13-6-7-18-21(29)23-8-4-2-3-5-14(26)9-15(27)10-19-24-16(11-31-19)20(28)25-17(12-33-18)22(30)32-13/h2-5,7,11,13-15,17,26-27H,6,8-10,12H2,1H3,(H,23,29)(H,25,28)/b4-2+,5-3+,18-7-/t13-,14-,15+,17-/m1/s1. The lowest BCUT2D eigenvalue weighted by Gasteiger charge is -2.18. The van der Waals surface area contributed by atoms with Crippen LogP contribution >= 0.6 is 11.8 Å². The molecule has 33 heavy (non-hydrogen) atoms. The lowest BCUT2D eigenvalue weighted by atomic mass is 10.1. The molecule has 0 saturated heterocycles. The Morgan fingerprint density at radius 3 is 2.82 bits per heavy atom. The van der Waals surface area contributed by atoms with Crippen molar-refractivity contribution in [1.29, 1.82) is 0 Å². The smallest absolute Gasteiger partial charge is 0.329 e. The Labute approximate surface area is 195 Å². The van der Waals surface area contributed by atoms with Gasteiger partial charge in [-0.2, -0.15) is 0 Å². The number of cyclic esters (lactones) is 1. The van der Waals surface area contributed by atoms with Crippen molar-refractivity contribution in [3.05, 3.63) is 53.1 Å². The van der Waals surface area contributed by atoms with Crippen LogP contribution in [0.1, 0.15) is 36.1 Å². The van der Waals surface area contributed by atoms with Gasteiger partial charge in [-0.05, 0) is 6.92 Å². The van der Waals surface area contributed by atoms with Crippen molar-refractivity contribution in [2.75, 3.05) is 12.3 Å². The van der Waals surface area contributed by atoms with E-state index in [0.29, 0.717) is 11.3 Å². The Morgan fingerprint density at radius 2 is 2.00 bits per heavy atom. The van der Waals surface area contributed by atoms with Crippen LogP contribution in [0.25, 0.3) is 0 Å². The highest BCUT2D eigenvalue weighted by Crippen LogP contribution is 2.22. The Balaban J connectivity index is 1.84. The quantitative estimate of drug-likeness (QED) is 0.394. The summed E-state index contributed by atoms with van der Waals surface area (Å²) in [6.45, 7) is 1.97. The molecule has 0 fully saturated rings. The minimum Gasteiger partial charge on any atom is -0.461 e. The molecule has 0 aliphatic carbocycles. The lowest BCUT2D eigenvalue weighted by Crippen LogP contribution is -2.44. The van der Waals surface area contributed by atoms with E-state index in [-0.39, 0.29) is 42.6 Å². The summed E-state index contributed by atoms with van der Waals surface area (Å²) in [5.41, 5.74) is -0.0589. The topological polar surface area (TPSA) is 151 Å². The number of hydrogen-bond donors (Lipinski definition) is 4. The number of carbonyl (C=O) groups is 3. The fraction of sp³-hybridized carbons (Fsp3) is 0.455. The second-order valence-electron chi connectivity index (χ2n) is 7.70. The summed E-state index contributed by atoms with van der Waals surface area (Å²) >= 11 is 1.15. The number of aromatic nitrogens is 1. The Kier molecular flexibility index (Phi) is 8.87. The molecule has 2 amide bonds. The molecule has 10 nitrogen and oxygen atoms in total. The average molecular weight is 478 g/mol. The summed E-state index contributed by atoms with van der Waals surface area (Å²) in [6, 6.07) is -1.00. The zero-order valence-corrected chi connectivity index (χ0v) is 18.9. The van der Waals surface area contributed by atoms with Crippen molar-refractivity contribution >= 4 is 29.5 Å². The van der Waals surface area contributed by atoms with E-state index in [1.54, 1.807) is 31.2 Å². The summed E-state index contributed by atoms with van der Waals surface area (Å²) < 4.78 is 10.7. The molecule has 4 N–H and O–H groups in total. The highest BCUT2D eigenvalue weighted by molar-refractivity contribution is 8.04.